The number of aliphatic hydroxyl groups excluding tert-OH is 1. The van der Waals surface area contributed by atoms with Crippen molar-refractivity contribution in [2.75, 3.05) is 18.0 Å². The van der Waals surface area contributed by atoms with Crippen molar-refractivity contribution in [2.45, 2.75) is 19.4 Å². The first-order chi connectivity index (χ1) is 8.49. The number of nitrogens with zero attached hydrogens (tertiary/aromatic N) is 1. The summed E-state index contributed by atoms with van der Waals surface area (Å²) in [6.07, 6.45) is 0.691. The van der Waals surface area contributed by atoms with Gasteiger partial charge in [-0.25, -0.2) is 0 Å². The summed E-state index contributed by atoms with van der Waals surface area (Å²) < 4.78 is 0.919. The third kappa shape index (κ3) is 2.67. The summed E-state index contributed by atoms with van der Waals surface area (Å²) in [6, 6.07) is 5.80. The molecule has 1 aliphatic heterocycles. The molecule has 1 aliphatic rings. The van der Waals surface area contributed by atoms with Gasteiger partial charge in [0.1, 0.15) is 5.84 Å². The molecule has 1 saturated heterocycles. The molecule has 0 spiro atoms. The number of aliphatic hydroxyl groups is 1. The van der Waals surface area contributed by atoms with Crippen LogP contribution in [0, 0.1) is 11.3 Å². The molecule has 2 unspecified atom stereocenters. The number of hydrogen-bond donors (Lipinski definition) is 3. The lowest BCUT2D eigenvalue weighted by Gasteiger charge is -2.22. The highest BCUT2D eigenvalue weighted by Crippen LogP contribution is 2.30. The van der Waals surface area contributed by atoms with Crippen molar-refractivity contribution in [2.24, 2.45) is 11.7 Å². The SMILES string of the molecule is CC(O)C1CCN(c2ccc(Br)cc2C(=N)N)C1. The van der Waals surface area contributed by atoms with Crippen LogP contribution in [0.5, 0.6) is 0 Å². The second-order valence-corrected chi connectivity index (χ2v) is 5.73. The molecule has 0 aliphatic carbocycles. The second kappa shape index (κ2) is 5.28. The largest absolute Gasteiger partial charge is 0.393 e. The maximum Gasteiger partial charge on any atom is 0.124 e. The van der Waals surface area contributed by atoms with Crippen LogP contribution in [-0.4, -0.2) is 30.1 Å². The lowest BCUT2D eigenvalue weighted by Crippen LogP contribution is -2.26. The first-order valence-corrected chi connectivity index (χ1v) is 6.85. The molecule has 0 radical (unpaired) electrons. The number of nitrogens with two attached hydrogens (primary N) is 1. The minimum atomic E-state index is -0.286. The highest BCUT2D eigenvalue weighted by molar-refractivity contribution is 9.10. The van der Waals surface area contributed by atoms with Crippen LogP contribution in [-0.2, 0) is 0 Å². The monoisotopic (exact) mass is 311 g/mol. The van der Waals surface area contributed by atoms with Crippen molar-refractivity contribution in [1.29, 1.82) is 5.41 Å². The molecule has 1 heterocycles. The van der Waals surface area contributed by atoms with E-state index in [-0.39, 0.29) is 11.9 Å². The quantitative estimate of drug-likeness (QED) is 0.590. The molecule has 2 rings (SSSR count). The number of hydrogen-bond acceptors (Lipinski definition) is 3. The van der Waals surface area contributed by atoms with Crippen molar-refractivity contribution in [3.8, 4) is 0 Å². The van der Waals surface area contributed by atoms with Gasteiger partial charge in [0.25, 0.3) is 0 Å². The molecule has 0 bridgehead atoms. The summed E-state index contributed by atoms with van der Waals surface area (Å²) >= 11 is 3.40. The van der Waals surface area contributed by atoms with Gasteiger partial charge in [0.05, 0.1) is 6.10 Å². The average molecular weight is 312 g/mol. The minimum absolute atomic E-state index is 0.0757. The molecule has 18 heavy (non-hydrogen) atoms. The van der Waals surface area contributed by atoms with E-state index in [1.54, 1.807) is 0 Å². The number of anilines is 1. The Morgan fingerprint density at radius 1 is 1.61 bits per heavy atom. The lowest BCUT2D eigenvalue weighted by atomic mass is 10.0. The zero-order valence-corrected chi connectivity index (χ0v) is 11.9. The third-order valence-electron chi connectivity index (χ3n) is 3.50. The smallest absolute Gasteiger partial charge is 0.124 e. The predicted octanol–water partition coefficient (Wildman–Crippen LogP) is 1.94. The van der Waals surface area contributed by atoms with Crippen LogP contribution in [0.15, 0.2) is 22.7 Å². The maximum absolute atomic E-state index is 9.64. The van der Waals surface area contributed by atoms with E-state index < -0.39 is 0 Å². The van der Waals surface area contributed by atoms with Gasteiger partial charge >= 0.3 is 0 Å². The number of rotatable bonds is 3. The van der Waals surface area contributed by atoms with Crippen LogP contribution in [0.4, 0.5) is 5.69 Å². The van der Waals surface area contributed by atoms with Crippen LogP contribution < -0.4 is 10.6 Å². The zero-order valence-electron chi connectivity index (χ0n) is 10.4. The lowest BCUT2D eigenvalue weighted by molar-refractivity contribution is 0.136. The fourth-order valence-corrected chi connectivity index (χ4v) is 2.76. The first-order valence-electron chi connectivity index (χ1n) is 6.06. The maximum atomic E-state index is 9.64. The number of halogens is 1. The van der Waals surface area contributed by atoms with Gasteiger partial charge in [-0.2, -0.15) is 0 Å². The topological polar surface area (TPSA) is 73.3 Å². The van der Waals surface area contributed by atoms with E-state index in [0.717, 1.165) is 35.2 Å². The Hall–Kier alpha value is -1.07. The molecule has 5 heteroatoms. The molecule has 0 saturated carbocycles. The van der Waals surface area contributed by atoms with Gasteiger partial charge in [-0.1, -0.05) is 15.9 Å². The average Bonchev–Trinajstić information content (AvgIpc) is 2.78. The van der Waals surface area contributed by atoms with Gasteiger partial charge in [-0.05, 0) is 31.5 Å². The van der Waals surface area contributed by atoms with Crippen LogP contribution >= 0.6 is 15.9 Å². The van der Waals surface area contributed by atoms with Gasteiger partial charge in [-0.3, -0.25) is 5.41 Å². The van der Waals surface area contributed by atoms with E-state index in [1.165, 1.54) is 0 Å². The Morgan fingerprint density at radius 2 is 2.33 bits per heavy atom. The van der Waals surface area contributed by atoms with Crippen molar-refractivity contribution < 1.29 is 5.11 Å². The van der Waals surface area contributed by atoms with Crippen LogP contribution in [0.2, 0.25) is 0 Å². The van der Waals surface area contributed by atoms with Crippen LogP contribution in [0.3, 0.4) is 0 Å². The van der Waals surface area contributed by atoms with E-state index >= 15 is 0 Å². The van der Waals surface area contributed by atoms with Crippen molar-refractivity contribution in [1.82, 2.24) is 0 Å². The Kier molecular flexibility index (Phi) is 3.92. The number of nitrogen functional groups attached to an aromatic ring is 1. The van der Waals surface area contributed by atoms with Crippen molar-refractivity contribution in [3.63, 3.8) is 0 Å². The van der Waals surface area contributed by atoms with Gasteiger partial charge in [-0.15, -0.1) is 0 Å². The highest BCUT2D eigenvalue weighted by atomic mass is 79.9. The summed E-state index contributed by atoms with van der Waals surface area (Å²) in [5, 5.41) is 17.3. The molecule has 1 fully saturated rings. The van der Waals surface area contributed by atoms with Crippen molar-refractivity contribution >= 4 is 27.5 Å². The van der Waals surface area contributed by atoms with Crippen LogP contribution in [0.25, 0.3) is 0 Å². The Morgan fingerprint density at radius 3 is 2.89 bits per heavy atom. The zero-order chi connectivity index (χ0) is 13.3. The molecule has 4 nitrogen and oxygen atoms in total. The molecule has 98 valence electrons. The first kappa shape index (κ1) is 13.4. The van der Waals surface area contributed by atoms with Gasteiger partial charge in [0, 0.05) is 34.7 Å². The Balaban J connectivity index is 2.27. The van der Waals surface area contributed by atoms with Crippen LogP contribution in [0.1, 0.15) is 18.9 Å². The second-order valence-electron chi connectivity index (χ2n) is 4.81. The third-order valence-corrected chi connectivity index (χ3v) is 3.99. The van der Waals surface area contributed by atoms with E-state index in [1.807, 2.05) is 25.1 Å². The number of benzene rings is 1. The molecular formula is C13H18BrN3O. The van der Waals surface area contributed by atoms with Gasteiger partial charge in [0.15, 0.2) is 0 Å². The van der Waals surface area contributed by atoms with Gasteiger partial charge in [0.2, 0.25) is 0 Å². The highest BCUT2D eigenvalue weighted by Gasteiger charge is 2.27. The fraction of sp³-hybridized carbons (Fsp3) is 0.462. The normalized spacial score (nSPS) is 21.1. The Labute approximate surface area is 115 Å². The molecule has 1 aromatic rings. The standard InChI is InChI=1S/C13H18BrN3O/c1-8(18)9-4-5-17(7-9)12-3-2-10(14)6-11(12)13(15)16/h2-3,6,8-9,18H,4-5,7H2,1H3,(H3,15,16). The van der Waals surface area contributed by atoms with E-state index in [2.05, 4.69) is 20.8 Å². The van der Waals surface area contributed by atoms with E-state index in [0.29, 0.717) is 5.92 Å². The molecule has 0 aromatic heterocycles. The van der Waals surface area contributed by atoms with Crippen molar-refractivity contribution in [3.05, 3.63) is 28.2 Å². The molecule has 4 N–H and O–H groups in total. The number of nitrogens with one attached hydrogen (secondary N) is 1. The minimum Gasteiger partial charge on any atom is -0.393 e. The van der Waals surface area contributed by atoms with E-state index in [9.17, 15) is 5.11 Å². The summed E-state index contributed by atoms with van der Waals surface area (Å²) in [5.74, 6) is 0.375. The van der Waals surface area contributed by atoms with E-state index in [4.69, 9.17) is 11.1 Å². The summed E-state index contributed by atoms with van der Waals surface area (Å²) in [7, 11) is 0. The molecule has 0 amide bonds. The fourth-order valence-electron chi connectivity index (χ4n) is 2.40. The summed E-state index contributed by atoms with van der Waals surface area (Å²) in [4.78, 5) is 2.19. The molecule has 2 atom stereocenters. The molecule has 1 aromatic carbocycles. The summed E-state index contributed by atoms with van der Waals surface area (Å²) in [6.45, 7) is 3.55. The summed E-state index contributed by atoms with van der Waals surface area (Å²) in [5.41, 5.74) is 7.36. The Bertz CT molecular complexity index is 462. The van der Waals surface area contributed by atoms with Gasteiger partial charge < -0.3 is 15.7 Å². The number of amidine groups is 1. The molecular weight excluding hydrogens is 294 g/mol. The predicted molar refractivity (Wildman–Crippen MR) is 77.2 cm³/mol.